The fraction of sp³-hybridized carbons (Fsp3) is 0.636. The van der Waals surface area contributed by atoms with E-state index in [0.717, 1.165) is 37.2 Å². The van der Waals surface area contributed by atoms with Gasteiger partial charge in [0.15, 0.2) is 0 Å². The van der Waals surface area contributed by atoms with E-state index in [1.54, 1.807) is 0 Å². The molecule has 162 valence electrons. The van der Waals surface area contributed by atoms with Crippen molar-refractivity contribution in [2.24, 2.45) is 0 Å². The highest BCUT2D eigenvalue weighted by Crippen LogP contribution is 2.34. The van der Waals surface area contributed by atoms with Gasteiger partial charge in [-0.2, -0.15) is 0 Å². The summed E-state index contributed by atoms with van der Waals surface area (Å²) in [6.07, 6.45) is -0.385. The van der Waals surface area contributed by atoms with E-state index in [1.807, 2.05) is 12.1 Å². The van der Waals surface area contributed by atoms with Crippen molar-refractivity contribution in [2.75, 3.05) is 33.3 Å². The summed E-state index contributed by atoms with van der Waals surface area (Å²) in [6.45, 7) is 6.76. The van der Waals surface area contributed by atoms with Crippen molar-refractivity contribution in [2.45, 2.75) is 57.3 Å². The minimum absolute atomic E-state index is 0.146. The van der Waals surface area contributed by atoms with Crippen LogP contribution in [0.2, 0.25) is 0 Å². The zero-order chi connectivity index (χ0) is 21.0. The highest BCUT2D eigenvalue weighted by atomic mass is 16.7. The molecule has 0 saturated carbocycles. The van der Waals surface area contributed by atoms with Crippen LogP contribution in [0.4, 0.5) is 0 Å². The number of aryl methyl sites for hydroxylation is 1. The molecule has 0 aromatic heterocycles. The van der Waals surface area contributed by atoms with Crippen molar-refractivity contribution in [1.29, 1.82) is 0 Å². The maximum Gasteiger partial charge on any atom is 0.202 e. The van der Waals surface area contributed by atoms with Crippen LogP contribution in [0.1, 0.15) is 30.9 Å². The monoisotopic (exact) mass is 406 g/mol. The van der Waals surface area contributed by atoms with Crippen LogP contribution in [0, 0.1) is 6.92 Å². The maximum absolute atomic E-state index is 10.1. The molecule has 1 aromatic carbocycles. The second-order valence-electron chi connectivity index (χ2n) is 8.00. The Morgan fingerprint density at radius 1 is 1.38 bits per heavy atom. The molecule has 0 amide bonds. The molecule has 2 saturated heterocycles. The number of nitrogens with zero attached hydrogens (tertiary/aromatic N) is 1. The minimum atomic E-state index is -1.11. The van der Waals surface area contributed by atoms with Crippen LogP contribution in [0.15, 0.2) is 24.3 Å². The molecule has 1 unspecified atom stereocenters. The summed E-state index contributed by atoms with van der Waals surface area (Å²) in [5.74, 6) is 0.696. The lowest BCUT2D eigenvalue weighted by atomic mass is 9.95. The van der Waals surface area contributed by atoms with Gasteiger partial charge in [-0.15, -0.1) is 0 Å². The molecule has 1 aromatic rings. The number of nitrogens with one attached hydrogen (secondary N) is 1. The lowest BCUT2D eigenvalue weighted by Gasteiger charge is -2.36. The molecule has 0 aliphatic carbocycles. The predicted molar refractivity (Wildman–Crippen MR) is 112 cm³/mol. The van der Waals surface area contributed by atoms with E-state index in [0.29, 0.717) is 11.8 Å². The molecule has 0 radical (unpaired) electrons. The first-order valence-electron chi connectivity index (χ1n) is 10.4. The third-order valence-electron chi connectivity index (χ3n) is 5.67. The number of hydrogen-bond donors (Lipinski definition) is 4. The highest BCUT2D eigenvalue weighted by Gasteiger charge is 2.37. The summed E-state index contributed by atoms with van der Waals surface area (Å²) in [7, 11) is 2.11. The van der Waals surface area contributed by atoms with Crippen molar-refractivity contribution in [1.82, 2.24) is 10.2 Å². The van der Waals surface area contributed by atoms with Gasteiger partial charge in [-0.1, -0.05) is 25.1 Å². The molecule has 7 nitrogen and oxygen atoms in total. The summed E-state index contributed by atoms with van der Waals surface area (Å²) in [5, 5.41) is 32.8. The molecule has 0 spiro atoms. The first-order chi connectivity index (χ1) is 13.9. The molecular formula is C22H34N2O5. The van der Waals surface area contributed by atoms with E-state index in [1.165, 1.54) is 5.57 Å². The van der Waals surface area contributed by atoms with Crippen LogP contribution in [0.3, 0.4) is 0 Å². The number of aliphatic hydroxyl groups is 3. The second-order valence-corrected chi connectivity index (χ2v) is 8.00. The quantitative estimate of drug-likeness (QED) is 0.452. The Balaban J connectivity index is 1.83. The Morgan fingerprint density at radius 2 is 2.14 bits per heavy atom. The number of benzene rings is 1. The lowest BCUT2D eigenvalue weighted by molar-refractivity contribution is -0.230. The highest BCUT2D eigenvalue weighted by molar-refractivity contribution is 5.74. The predicted octanol–water partition coefficient (Wildman–Crippen LogP) is 0.900. The second kappa shape index (κ2) is 10.0. The van der Waals surface area contributed by atoms with E-state index >= 15 is 0 Å². The molecule has 7 heteroatoms. The van der Waals surface area contributed by atoms with Crippen molar-refractivity contribution in [3.63, 3.8) is 0 Å². The van der Waals surface area contributed by atoms with Gasteiger partial charge in [-0.3, -0.25) is 0 Å². The van der Waals surface area contributed by atoms with Crippen LogP contribution in [0.25, 0.3) is 5.57 Å². The van der Waals surface area contributed by atoms with Crippen molar-refractivity contribution < 1.29 is 24.8 Å². The molecule has 2 aliphatic rings. The van der Waals surface area contributed by atoms with Gasteiger partial charge < -0.3 is 35.0 Å². The van der Waals surface area contributed by atoms with Crippen molar-refractivity contribution in [3.05, 3.63) is 35.4 Å². The van der Waals surface area contributed by atoms with Gasteiger partial charge in [0.25, 0.3) is 0 Å². The van der Waals surface area contributed by atoms with Gasteiger partial charge in [0.1, 0.15) is 18.0 Å². The zero-order valence-electron chi connectivity index (χ0n) is 17.5. The summed E-state index contributed by atoms with van der Waals surface area (Å²) < 4.78 is 11.8. The van der Waals surface area contributed by atoms with E-state index in [9.17, 15) is 15.3 Å². The fourth-order valence-corrected chi connectivity index (χ4v) is 3.62. The van der Waals surface area contributed by atoms with Crippen LogP contribution in [-0.2, 0) is 4.74 Å². The summed E-state index contributed by atoms with van der Waals surface area (Å²) >= 11 is 0. The van der Waals surface area contributed by atoms with Crippen LogP contribution in [0.5, 0.6) is 5.75 Å². The molecule has 2 heterocycles. The Labute approximate surface area is 172 Å². The van der Waals surface area contributed by atoms with E-state index in [-0.39, 0.29) is 13.0 Å². The number of rotatable bonds is 9. The van der Waals surface area contributed by atoms with Gasteiger partial charge in [0.2, 0.25) is 6.29 Å². The lowest BCUT2D eigenvalue weighted by Crippen LogP contribution is -2.51. The van der Waals surface area contributed by atoms with Crippen molar-refractivity contribution in [3.8, 4) is 5.75 Å². The standard InChI is InChI=1S/C22H34N2O5/c1-4-24(3)9-8-15(10-16-12-23-16)21-14(2)6-5-7-18(21)28-20-11-17(26)22(27)19(13-25)29-20/h5-7,10,16-17,19-20,22-23,25-27H,4,8-9,11-13H2,1-3H3/b15-10-/t16?,17-,19-,20-,22+/m1/s1. The van der Waals surface area contributed by atoms with Gasteiger partial charge in [0, 0.05) is 31.1 Å². The number of hydrogen-bond acceptors (Lipinski definition) is 7. The Bertz CT molecular complexity index is 706. The number of aliphatic hydroxyl groups excluding tert-OH is 3. The van der Waals surface area contributed by atoms with E-state index in [4.69, 9.17) is 9.47 Å². The zero-order valence-corrected chi connectivity index (χ0v) is 17.5. The topological polar surface area (TPSA) is 104 Å². The SMILES string of the molecule is CCN(C)CC/C(=C/C1CN1)c1c(C)cccc1O[C@H]1C[C@@H](O)[C@H](O)[C@@H](CO)O1. The average molecular weight is 407 g/mol. The number of ether oxygens (including phenoxy) is 2. The van der Waals surface area contributed by atoms with Gasteiger partial charge in [0.05, 0.1) is 12.7 Å². The Morgan fingerprint density at radius 3 is 2.79 bits per heavy atom. The van der Waals surface area contributed by atoms with Gasteiger partial charge >= 0.3 is 0 Å². The van der Waals surface area contributed by atoms with Crippen LogP contribution in [-0.4, -0.2) is 84.2 Å². The Kier molecular flexibility index (Phi) is 7.67. The molecule has 29 heavy (non-hydrogen) atoms. The first kappa shape index (κ1) is 22.2. The smallest absolute Gasteiger partial charge is 0.202 e. The van der Waals surface area contributed by atoms with Crippen molar-refractivity contribution >= 4 is 5.57 Å². The molecule has 3 rings (SSSR count). The van der Waals surface area contributed by atoms with Crippen LogP contribution < -0.4 is 10.1 Å². The van der Waals surface area contributed by atoms with E-state index < -0.39 is 24.6 Å². The maximum atomic E-state index is 10.1. The molecule has 2 aliphatic heterocycles. The van der Waals surface area contributed by atoms with Gasteiger partial charge in [-0.05, 0) is 44.1 Å². The third kappa shape index (κ3) is 5.78. The summed E-state index contributed by atoms with van der Waals surface area (Å²) in [4.78, 5) is 2.28. The third-order valence-corrected chi connectivity index (χ3v) is 5.67. The molecular weight excluding hydrogens is 372 g/mol. The molecule has 4 N–H and O–H groups in total. The largest absolute Gasteiger partial charge is 0.464 e. The molecule has 5 atom stereocenters. The minimum Gasteiger partial charge on any atom is -0.464 e. The van der Waals surface area contributed by atoms with Crippen LogP contribution >= 0.6 is 0 Å². The molecule has 0 bridgehead atoms. The normalized spacial score (nSPS) is 29.9. The first-order valence-corrected chi connectivity index (χ1v) is 10.4. The van der Waals surface area contributed by atoms with Gasteiger partial charge in [-0.25, -0.2) is 0 Å². The van der Waals surface area contributed by atoms with E-state index in [2.05, 4.69) is 43.3 Å². The summed E-state index contributed by atoms with van der Waals surface area (Å²) in [5.41, 5.74) is 3.39. The summed E-state index contributed by atoms with van der Waals surface area (Å²) in [6, 6.07) is 6.31. The average Bonchev–Trinajstić information content (AvgIpc) is 3.52. The Hall–Kier alpha value is -1.48. The molecule has 2 fully saturated rings. The fourth-order valence-electron chi connectivity index (χ4n) is 3.62.